The number of nitrogen functional groups attached to an aromatic ring is 1. The van der Waals surface area contributed by atoms with Crippen molar-refractivity contribution >= 4 is 49.8 Å². The van der Waals surface area contributed by atoms with Crippen LogP contribution < -0.4 is 5.73 Å². The summed E-state index contributed by atoms with van der Waals surface area (Å²) in [6, 6.07) is 9.25. The molecule has 2 aliphatic rings. The Labute approximate surface area is 237 Å². The van der Waals surface area contributed by atoms with E-state index in [1.54, 1.807) is 42.2 Å². The summed E-state index contributed by atoms with van der Waals surface area (Å²) in [6.07, 6.45) is 0.653. The zero-order valence-corrected chi connectivity index (χ0v) is 24.1. The number of carbonyl (C=O) groups is 2. The van der Waals surface area contributed by atoms with Crippen molar-refractivity contribution < 1.29 is 22.7 Å². The van der Waals surface area contributed by atoms with E-state index in [-0.39, 0.29) is 49.3 Å². The van der Waals surface area contributed by atoms with E-state index in [1.165, 1.54) is 21.7 Å². The molecule has 2 aliphatic heterocycles. The first-order valence-electron chi connectivity index (χ1n) is 13.1. The molecule has 3 N–H and O–H groups in total. The van der Waals surface area contributed by atoms with Crippen molar-refractivity contribution in [3.8, 4) is 0 Å². The number of thiazole rings is 1. The van der Waals surface area contributed by atoms with Gasteiger partial charge in [-0.05, 0) is 42.9 Å². The third kappa shape index (κ3) is 5.59. The number of rotatable bonds is 7. The van der Waals surface area contributed by atoms with Gasteiger partial charge in [0.05, 0.1) is 29.7 Å². The molecule has 40 heavy (non-hydrogen) atoms. The van der Waals surface area contributed by atoms with E-state index in [4.69, 9.17) is 15.9 Å². The molecular formula is C27H32N6O5S2. The van der Waals surface area contributed by atoms with Crippen LogP contribution in [0.25, 0.3) is 10.8 Å². The number of hydrogen-bond donors (Lipinski definition) is 2. The summed E-state index contributed by atoms with van der Waals surface area (Å²) < 4.78 is 33.9. The van der Waals surface area contributed by atoms with Crippen molar-refractivity contribution in [3.05, 3.63) is 57.5 Å². The van der Waals surface area contributed by atoms with Crippen LogP contribution in [0.4, 0.5) is 0 Å². The molecule has 3 aromatic rings. The van der Waals surface area contributed by atoms with Gasteiger partial charge in [-0.25, -0.2) is 13.4 Å². The molecule has 11 nitrogen and oxygen atoms in total. The highest BCUT2D eigenvalue weighted by Gasteiger charge is 2.39. The fourth-order valence-electron chi connectivity index (χ4n) is 5.14. The van der Waals surface area contributed by atoms with Gasteiger partial charge in [0, 0.05) is 49.6 Å². The highest BCUT2D eigenvalue weighted by Crippen LogP contribution is 2.29. The Bertz CT molecular complexity index is 1590. The van der Waals surface area contributed by atoms with Crippen molar-refractivity contribution in [1.29, 1.82) is 5.41 Å². The number of nitrogens with one attached hydrogen (secondary N) is 1. The Morgan fingerprint density at radius 1 is 1.15 bits per heavy atom. The molecule has 1 fully saturated rings. The van der Waals surface area contributed by atoms with E-state index in [0.29, 0.717) is 16.0 Å². The number of ether oxygens (including phenoxy) is 1. The SMILES string of the molecule is CCOC(=O)CC1CN(S(=O)(=O)c2ccc3cc(C(=N)N)ccc3c2)CCN1C(=O)c1nc2c(s1)CN(C)CC2. The normalized spacial score (nSPS) is 18.4. The molecule has 212 valence electrons. The molecule has 13 heteroatoms. The van der Waals surface area contributed by atoms with Gasteiger partial charge >= 0.3 is 5.97 Å². The van der Waals surface area contributed by atoms with Crippen LogP contribution in [-0.4, -0.2) is 91.1 Å². The maximum atomic E-state index is 13.7. The summed E-state index contributed by atoms with van der Waals surface area (Å²) in [5.41, 5.74) is 7.07. The van der Waals surface area contributed by atoms with Crippen molar-refractivity contribution in [3.63, 3.8) is 0 Å². The minimum absolute atomic E-state index is 0.0397. The summed E-state index contributed by atoms with van der Waals surface area (Å²) in [5.74, 6) is -0.846. The number of piperazine rings is 1. The van der Waals surface area contributed by atoms with Crippen LogP contribution in [0.5, 0.6) is 0 Å². The van der Waals surface area contributed by atoms with E-state index in [2.05, 4.69) is 9.88 Å². The number of hydrogen-bond acceptors (Lipinski definition) is 9. The molecule has 3 heterocycles. The standard InChI is InChI=1S/C27H32N6O5S2/c1-3-38-24(34)14-20-15-32(10-11-33(20)27(35)26-30-22-8-9-31(2)16-23(22)39-26)40(36,37)21-7-6-17-12-19(25(28)29)5-4-18(17)13-21/h4-7,12-13,20H,3,8-11,14-16H2,1-2H3,(H3,28,29). The van der Waals surface area contributed by atoms with Crippen LogP contribution in [0.15, 0.2) is 41.3 Å². The number of esters is 1. The summed E-state index contributed by atoms with van der Waals surface area (Å²) in [6.45, 7) is 3.68. The van der Waals surface area contributed by atoms with Gasteiger partial charge in [-0.3, -0.25) is 15.0 Å². The lowest BCUT2D eigenvalue weighted by Crippen LogP contribution is -2.57. The monoisotopic (exact) mass is 584 g/mol. The minimum Gasteiger partial charge on any atom is -0.466 e. The van der Waals surface area contributed by atoms with Crippen LogP contribution >= 0.6 is 11.3 Å². The van der Waals surface area contributed by atoms with Crippen LogP contribution in [0.1, 0.15) is 39.3 Å². The fourth-order valence-corrected chi connectivity index (χ4v) is 7.79. The molecule has 0 aliphatic carbocycles. The Morgan fingerprint density at radius 2 is 1.90 bits per heavy atom. The number of nitrogens with two attached hydrogens (primary N) is 1. The van der Waals surface area contributed by atoms with Crippen LogP contribution in [-0.2, 0) is 32.5 Å². The molecule has 0 radical (unpaired) electrons. The predicted molar refractivity (Wildman–Crippen MR) is 152 cm³/mol. The van der Waals surface area contributed by atoms with Gasteiger partial charge in [0.25, 0.3) is 5.91 Å². The topological polar surface area (TPSA) is 150 Å². The van der Waals surface area contributed by atoms with E-state index in [0.717, 1.165) is 35.5 Å². The largest absolute Gasteiger partial charge is 0.466 e. The maximum absolute atomic E-state index is 13.7. The lowest BCUT2D eigenvalue weighted by molar-refractivity contribution is -0.144. The number of amidine groups is 1. The second-order valence-electron chi connectivity index (χ2n) is 10.0. The number of benzene rings is 2. The van der Waals surface area contributed by atoms with Gasteiger partial charge in [0.2, 0.25) is 10.0 Å². The van der Waals surface area contributed by atoms with Crippen molar-refractivity contribution in [2.45, 2.75) is 37.2 Å². The Kier molecular flexibility index (Phi) is 7.91. The van der Waals surface area contributed by atoms with Crippen molar-refractivity contribution in [2.75, 3.05) is 39.8 Å². The number of aromatic nitrogens is 1. The number of sulfonamides is 1. The maximum Gasteiger partial charge on any atom is 0.307 e. The predicted octanol–water partition coefficient (Wildman–Crippen LogP) is 2.04. The fraction of sp³-hybridized carbons (Fsp3) is 0.407. The van der Waals surface area contributed by atoms with E-state index >= 15 is 0 Å². The van der Waals surface area contributed by atoms with Crippen molar-refractivity contribution in [1.82, 2.24) is 19.1 Å². The van der Waals surface area contributed by atoms with Gasteiger partial charge in [0.15, 0.2) is 5.01 Å². The molecule has 1 amide bonds. The molecule has 0 spiro atoms. The molecule has 0 saturated carbocycles. The van der Waals surface area contributed by atoms with Crippen LogP contribution in [0.3, 0.4) is 0 Å². The second kappa shape index (κ2) is 11.2. The summed E-state index contributed by atoms with van der Waals surface area (Å²) >= 11 is 1.37. The first-order chi connectivity index (χ1) is 19.1. The van der Waals surface area contributed by atoms with Gasteiger partial charge in [-0.1, -0.05) is 18.2 Å². The van der Waals surface area contributed by atoms with Gasteiger partial charge in [-0.15, -0.1) is 11.3 Å². The number of fused-ring (bicyclic) bond motifs is 2. The van der Waals surface area contributed by atoms with Gasteiger partial charge in [-0.2, -0.15) is 4.31 Å². The molecule has 1 unspecified atom stereocenters. The van der Waals surface area contributed by atoms with Gasteiger partial charge < -0.3 is 20.3 Å². The lowest BCUT2D eigenvalue weighted by Gasteiger charge is -2.40. The molecule has 0 bridgehead atoms. The average Bonchev–Trinajstić information content (AvgIpc) is 3.35. The smallest absolute Gasteiger partial charge is 0.307 e. The number of nitrogens with zero attached hydrogens (tertiary/aromatic N) is 4. The van der Waals surface area contributed by atoms with Crippen molar-refractivity contribution in [2.24, 2.45) is 5.73 Å². The third-order valence-corrected chi connectivity index (χ3v) is 10.2. The summed E-state index contributed by atoms with van der Waals surface area (Å²) in [4.78, 5) is 35.6. The first-order valence-corrected chi connectivity index (χ1v) is 15.3. The van der Waals surface area contributed by atoms with Crippen LogP contribution in [0.2, 0.25) is 0 Å². The highest BCUT2D eigenvalue weighted by molar-refractivity contribution is 7.89. The summed E-state index contributed by atoms with van der Waals surface area (Å²) in [5, 5.41) is 9.46. The molecule has 5 rings (SSSR count). The summed E-state index contributed by atoms with van der Waals surface area (Å²) in [7, 11) is -1.90. The minimum atomic E-state index is -3.93. The molecular weight excluding hydrogens is 552 g/mol. The Morgan fingerprint density at radius 3 is 2.65 bits per heavy atom. The number of amides is 1. The zero-order chi connectivity index (χ0) is 28.6. The molecule has 1 saturated heterocycles. The molecule has 2 aromatic carbocycles. The second-order valence-corrected chi connectivity index (χ2v) is 13.1. The van der Waals surface area contributed by atoms with E-state index < -0.39 is 22.0 Å². The third-order valence-electron chi connectivity index (χ3n) is 7.28. The molecule has 1 aromatic heterocycles. The average molecular weight is 585 g/mol. The quantitative estimate of drug-likeness (QED) is 0.243. The Balaban J connectivity index is 1.40. The zero-order valence-electron chi connectivity index (χ0n) is 22.4. The lowest BCUT2D eigenvalue weighted by atomic mass is 10.1. The Hall–Kier alpha value is -3.39. The van der Waals surface area contributed by atoms with Crippen LogP contribution in [0, 0.1) is 5.41 Å². The number of carbonyl (C=O) groups excluding carboxylic acids is 2. The molecule has 1 atom stereocenters. The number of likely N-dealkylation sites (N-methyl/N-ethyl adjacent to an activating group) is 1. The van der Waals surface area contributed by atoms with E-state index in [9.17, 15) is 18.0 Å². The first kappa shape index (κ1) is 28.1. The van der Waals surface area contributed by atoms with Gasteiger partial charge in [0.1, 0.15) is 5.84 Å². The van der Waals surface area contributed by atoms with E-state index in [1.807, 2.05) is 7.05 Å². The highest BCUT2D eigenvalue weighted by atomic mass is 32.2.